The molecule has 0 fully saturated rings. The maximum atomic E-state index is 8.58. The van der Waals surface area contributed by atoms with Crippen molar-refractivity contribution in [3.63, 3.8) is 0 Å². The van der Waals surface area contributed by atoms with Crippen LogP contribution in [0.25, 0.3) is 0 Å². The molecular weight excluding hydrogens is 1970 g/mol. The number of anilines is 7. The van der Waals surface area contributed by atoms with E-state index in [2.05, 4.69) is 98.6 Å². The lowest BCUT2D eigenvalue weighted by Crippen LogP contribution is -3.00. The molecular formula is C92H124Cl7N35O4S2. The lowest BCUT2D eigenvalue weighted by Gasteiger charge is -2.17. The van der Waals surface area contributed by atoms with E-state index < -0.39 is 0 Å². The van der Waals surface area contributed by atoms with Gasteiger partial charge in [-0.15, -0.1) is 24.3 Å². The highest BCUT2D eigenvalue weighted by Crippen LogP contribution is 2.39. The number of aryl methyl sites for hydroxylation is 11. The van der Waals surface area contributed by atoms with E-state index >= 15 is 0 Å². The monoisotopic (exact) mass is 2090 g/mol. The van der Waals surface area contributed by atoms with Gasteiger partial charge in [0.15, 0.2) is 13.2 Å². The summed E-state index contributed by atoms with van der Waals surface area (Å²) < 4.78 is 44.0. The number of nitriles is 1. The molecule has 0 amide bonds. The summed E-state index contributed by atoms with van der Waals surface area (Å²) in [6.07, 6.45) is 15.7. The van der Waals surface area contributed by atoms with Crippen LogP contribution in [-0.2, 0) is 84.6 Å². The molecule has 0 aliphatic carbocycles. The summed E-state index contributed by atoms with van der Waals surface area (Å²) in [5.74, 6) is 6.38. The van der Waals surface area contributed by atoms with Crippen LogP contribution in [0.5, 0.6) is 23.0 Å². The third-order valence-corrected chi connectivity index (χ3v) is 21.8. The van der Waals surface area contributed by atoms with Gasteiger partial charge in [0.25, 0.3) is 0 Å². The number of benzene rings is 7. The summed E-state index contributed by atoms with van der Waals surface area (Å²) in [5.41, 5.74) is 25.6. The second kappa shape index (κ2) is 61.6. The van der Waals surface area contributed by atoms with Crippen LogP contribution < -0.4 is 174 Å². The first-order valence-corrected chi connectivity index (χ1v) is 43.3. The van der Waals surface area contributed by atoms with Gasteiger partial charge in [0.05, 0.1) is 179 Å². The Kier molecular flexibility index (Phi) is 54.7. The van der Waals surface area contributed by atoms with Gasteiger partial charge >= 0.3 is 33.9 Å². The van der Waals surface area contributed by atoms with Gasteiger partial charge in [0, 0.05) is 156 Å². The minimum absolute atomic E-state index is 0. The van der Waals surface area contributed by atoms with Crippen LogP contribution >= 0.6 is 22.7 Å². The molecule has 140 heavy (non-hydrogen) atoms. The third-order valence-electron chi connectivity index (χ3n) is 20.1. The molecule has 0 aliphatic heterocycles. The van der Waals surface area contributed by atoms with E-state index in [0.29, 0.717) is 52.6 Å². The van der Waals surface area contributed by atoms with Crippen LogP contribution in [0.3, 0.4) is 0 Å². The number of ether oxygens (including phenoxy) is 4. The van der Waals surface area contributed by atoms with Crippen LogP contribution in [0, 0.1) is 25.2 Å². The van der Waals surface area contributed by atoms with Gasteiger partial charge in [-0.05, 0) is 178 Å². The van der Waals surface area contributed by atoms with Gasteiger partial charge in [-0.2, -0.15) is 9.94 Å². The number of hydrogen-bond acceptors (Lipinski definition) is 29. The molecule has 0 aliphatic rings. The van der Waals surface area contributed by atoms with Gasteiger partial charge in [0.2, 0.25) is 12.1 Å². The van der Waals surface area contributed by atoms with Crippen molar-refractivity contribution in [2.75, 3.05) is 134 Å². The van der Waals surface area contributed by atoms with Crippen molar-refractivity contribution in [2.45, 2.75) is 20.3 Å². The molecule has 0 radical (unpaired) electrons. The SMILES string of the molecule is CN(C)c1ccc(N=Nc2cc[n+](C)n2C)cc1.CN(CCC#N)c1ccc(N=Nc2scc[n+]2C)cc1.COc1cc(N(C)C)ccc1N=Nc1n(C)nc[n+]1C.COc1cc(N=Nc2n(C)cc[n+]2C)c(C)cc1N(C)C.COc1cc(N=Nc2n(C)cc[n+]2C)c(OC)cc1N.C[n+]1ccsc1N=Nc1ccc(N)cc1.Cc1cc(N=Nc2ccc(N(C)C)cc2)[n+](C)n1C.[Cl-].[Cl-].[Cl-].[Cl-].[Cl-].[Cl-].[Cl-]. The number of hydrogen-bond donors (Lipinski definition) is 2. The summed E-state index contributed by atoms with van der Waals surface area (Å²) in [5, 5.41) is 77.6. The number of nitrogen functional groups attached to an aromatic ring is 2. The summed E-state index contributed by atoms with van der Waals surface area (Å²) in [7, 11) is 47.5. The molecule has 0 saturated heterocycles. The fraction of sp³-hybridized carbons (Fsp3) is 0.315. The standard InChI is InChI=1S/C15H22N5O.C14H16N5S.C14H20N5.C13H19N6O.C13H17N5O2.C13H18N5.C10H10N4S.7ClH/c1-11-9-13(18(2)3)14(21-6)10-12(11)16-17-15-19(4)7-8-20(15)5;1-18(9-3-8-15)13-6-4-12(5-7-13)16-17-14-19(2)10-11-20-14;1-11-10-14(19(5)18(11)4)16-15-12-6-8-13(9-7-12)17(2)3;1-17(2)10-6-7-11(12(8-10)20-5)15-16-13-18(3)9-14-19(13)4;1-17-5-6-18(2)13(17)16-15-10-8-11(19-3)9(14)7-12(10)20-4;1-16(2)12-7-5-11(6-8-12)14-15-13-9-10-17(3)18(13)4;1-14-6-7-15-10(14)13-12-9-4-2-8(11)3-5-9;;;;;;;/h7-10H,1-6H3;4-7,10-11H,3,9H2,1-2H3;6-10H,1-5H3;6-9H,1-5H3;5-8,14H,1-4H3;5-10H,1-4H3;2-7,11H,1H3;7*1H/q4*+1;;+1;;;;;;;;/p-5. The highest BCUT2D eigenvalue weighted by Gasteiger charge is 2.20. The van der Waals surface area contributed by atoms with Crippen LogP contribution in [0.1, 0.15) is 17.7 Å². The van der Waals surface area contributed by atoms with Crippen LogP contribution in [0.15, 0.2) is 284 Å². The topological polar surface area (TPSA) is 367 Å². The number of methoxy groups -OCH3 is 4. The number of halogens is 7. The Balaban J connectivity index is 0.000000811. The maximum absolute atomic E-state index is 8.58. The average molecular weight is 2100 g/mol. The normalized spacial score (nSPS) is 10.5. The number of imidazole rings is 2. The highest BCUT2D eigenvalue weighted by atomic mass is 35.5. The van der Waals surface area contributed by atoms with Crippen LogP contribution in [0.2, 0.25) is 0 Å². The molecule has 0 unspecified atom stereocenters. The predicted octanol–water partition coefficient (Wildman–Crippen LogP) is -3.85. The summed E-state index contributed by atoms with van der Waals surface area (Å²) in [4.78, 5) is 10.2. The molecule has 7 heterocycles. The Labute approximate surface area is 870 Å². The van der Waals surface area contributed by atoms with Crippen LogP contribution in [0.4, 0.5) is 119 Å². The second-order valence-corrected chi connectivity index (χ2v) is 32.5. The van der Waals surface area contributed by atoms with E-state index in [-0.39, 0.29) is 86.8 Å². The Morgan fingerprint density at radius 1 is 0.400 bits per heavy atom. The van der Waals surface area contributed by atoms with Gasteiger partial charge in [-0.3, -0.25) is 0 Å². The van der Waals surface area contributed by atoms with Crippen molar-refractivity contribution in [1.82, 2.24) is 28.3 Å². The first-order valence-electron chi connectivity index (χ1n) is 41.6. The van der Waals surface area contributed by atoms with E-state index in [1.54, 1.807) is 78.8 Å². The molecule has 0 atom stereocenters. The smallest absolute Gasteiger partial charge is 0.421 e. The summed E-state index contributed by atoms with van der Waals surface area (Å²) in [6, 6.07) is 50.3. The number of nitrogens with zero attached hydrogens (tertiary/aromatic N) is 33. The fourth-order valence-corrected chi connectivity index (χ4v) is 13.1. The van der Waals surface area contributed by atoms with Gasteiger partial charge in [-0.25, -0.2) is 36.7 Å². The van der Waals surface area contributed by atoms with Crippen molar-refractivity contribution in [3.05, 3.63) is 223 Å². The second-order valence-electron chi connectivity index (χ2n) is 30.7. The first-order chi connectivity index (χ1) is 63.5. The number of rotatable bonds is 25. The summed E-state index contributed by atoms with van der Waals surface area (Å²) in [6.45, 7) is 4.79. The fourth-order valence-electron chi connectivity index (χ4n) is 11.7. The molecule has 0 bridgehead atoms. The van der Waals surface area contributed by atoms with Gasteiger partial charge < -0.3 is 142 Å². The lowest BCUT2D eigenvalue weighted by atomic mass is 10.1. The van der Waals surface area contributed by atoms with E-state index in [9.17, 15) is 0 Å². The van der Waals surface area contributed by atoms with E-state index in [0.717, 1.165) is 114 Å². The Bertz CT molecular complexity index is 6320. The zero-order valence-corrected chi connectivity index (χ0v) is 90.6. The predicted molar refractivity (Wildman–Crippen MR) is 521 cm³/mol. The molecule has 48 heteroatoms. The largest absolute Gasteiger partial charge is 1.00 e. The quantitative estimate of drug-likeness (QED) is 0.0315. The van der Waals surface area contributed by atoms with E-state index in [1.165, 1.54) is 0 Å². The van der Waals surface area contributed by atoms with Gasteiger partial charge in [0.1, 0.15) is 76.6 Å². The molecule has 752 valence electrons. The number of aromatic nitrogens is 13. The van der Waals surface area contributed by atoms with E-state index in [1.807, 2.05) is 410 Å². The number of azo groups is 7. The first kappa shape index (κ1) is 124. The van der Waals surface area contributed by atoms with Gasteiger partial charge in [-0.1, -0.05) is 15.3 Å². The molecule has 14 rings (SSSR count). The molecule has 39 nitrogen and oxygen atoms in total. The van der Waals surface area contributed by atoms with E-state index in [4.69, 9.17) is 35.7 Å². The molecule has 14 aromatic rings. The van der Waals surface area contributed by atoms with Crippen molar-refractivity contribution >= 4 is 142 Å². The third kappa shape index (κ3) is 36.9. The molecule has 0 saturated carbocycles. The van der Waals surface area contributed by atoms with Crippen molar-refractivity contribution < 1.29 is 138 Å². The maximum Gasteiger partial charge on any atom is 0.421 e. The van der Waals surface area contributed by atoms with Crippen molar-refractivity contribution in [3.8, 4) is 29.1 Å². The molecule has 7 aromatic carbocycles. The minimum Gasteiger partial charge on any atom is -1.00 e. The van der Waals surface area contributed by atoms with Crippen LogP contribution in [-0.4, -0.2) is 127 Å². The Morgan fingerprint density at radius 2 is 0.829 bits per heavy atom. The Morgan fingerprint density at radius 3 is 1.23 bits per heavy atom. The molecule has 0 spiro atoms. The highest BCUT2D eigenvalue weighted by molar-refractivity contribution is 7.13. The van der Waals surface area contributed by atoms with Crippen molar-refractivity contribution in [2.24, 2.45) is 156 Å². The lowest BCUT2D eigenvalue weighted by molar-refractivity contribution is -0.750. The number of nitrogens with two attached hydrogens (primary N) is 2. The zero-order valence-electron chi connectivity index (χ0n) is 83.6. The molecule has 4 N–H and O–H groups in total. The zero-order chi connectivity index (χ0) is 97.1. The number of thiazole rings is 2. The minimum atomic E-state index is 0. The van der Waals surface area contributed by atoms with Crippen molar-refractivity contribution in [1.29, 1.82) is 5.26 Å². The average Bonchev–Trinajstić information content (AvgIpc) is 1.12. The molecule has 7 aromatic heterocycles. The summed E-state index contributed by atoms with van der Waals surface area (Å²) >= 11 is 3.10. The Hall–Kier alpha value is -13.7.